The zero-order valence-electron chi connectivity index (χ0n) is 20.6. The summed E-state index contributed by atoms with van der Waals surface area (Å²) >= 11 is 6.03. The maximum Gasteiger partial charge on any atom is 0.244 e. The predicted molar refractivity (Wildman–Crippen MR) is 137 cm³/mol. The van der Waals surface area contributed by atoms with Crippen LogP contribution in [0.3, 0.4) is 0 Å². The number of rotatable bonds is 10. The van der Waals surface area contributed by atoms with Gasteiger partial charge < -0.3 is 10.2 Å². The zero-order valence-corrected chi connectivity index (χ0v) is 22.2. The SMILES string of the molecule is Cc1ccc(CN(C(=O)CN(c2ccc(Cl)cc2C)S(C)(=O)=O)C(C)C(=O)NCC(C)C)cc1. The van der Waals surface area contributed by atoms with E-state index in [1.807, 2.05) is 45.0 Å². The number of benzene rings is 2. The molecule has 2 amide bonds. The number of halogens is 1. The lowest BCUT2D eigenvalue weighted by atomic mass is 10.1. The highest BCUT2D eigenvalue weighted by molar-refractivity contribution is 7.92. The lowest BCUT2D eigenvalue weighted by Gasteiger charge is -2.32. The maximum absolute atomic E-state index is 13.5. The summed E-state index contributed by atoms with van der Waals surface area (Å²) in [5.41, 5.74) is 2.91. The number of amides is 2. The molecule has 0 bridgehead atoms. The van der Waals surface area contributed by atoms with Crippen LogP contribution in [-0.4, -0.2) is 50.5 Å². The molecule has 0 spiro atoms. The van der Waals surface area contributed by atoms with Crippen LogP contribution in [-0.2, 0) is 26.2 Å². The van der Waals surface area contributed by atoms with Gasteiger partial charge in [-0.3, -0.25) is 13.9 Å². The van der Waals surface area contributed by atoms with Crippen molar-refractivity contribution in [2.45, 2.75) is 47.2 Å². The third-order valence-corrected chi connectivity index (χ3v) is 6.79. The van der Waals surface area contributed by atoms with Gasteiger partial charge in [-0.1, -0.05) is 55.3 Å². The van der Waals surface area contributed by atoms with E-state index in [1.54, 1.807) is 32.0 Å². The van der Waals surface area contributed by atoms with E-state index in [1.165, 1.54) is 4.90 Å². The minimum absolute atomic E-state index is 0.173. The van der Waals surface area contributed by atoms with Crippen LogP contribution in [0.15, 0.2) is 42.5 Å². The number of sulfonamides is 1. The van der Waals surface area contributed by atoms with Crippen molar-refractivity contribution in [3.05, 3.63) is 64.2 Å². The van der Waals surface area contributed by atoms with Crippen molar-refractivity contribution in [2.24, 2.45) is 5.92 Å². The monoisotopic (exact) mass is 507 g/mol. The van der Waals surface area contributed by atoms with Crippen LogP contribution >= 0.6 is 11.6 Å². The number of anilines is 1. The predicted octanol–water partition coefficient (Wildman–Crippen LogP) is 3.91. The average molecular weight is 508 g/mol. The highest BCUT2D eigenvalue weighted by atomic mass is 35.5. The fourth-order valence-corrected chi connectivity index (χ4v) is 4.55. The standard InChI is InChI=1S/C25H34ClN3O4S/c1-17(2)14-27-25(31)20(5)28(15-21-9-7-18(3)8-10-21)24(30)16-29(34(6,32)33)23-12-11-22(26)13-19(23)4/h7-13,17,20H,14-16H2,1-6H3,(H,27,31). The van der Waals surface area contributed by atoms with E-state index in [2.05, 4.69) is 5.32 Å². The minimum Gasteiger partial charge on any atom is -0.354 e. The van der Waals surface area contributed by atoms with Gasteiger partial charge in [-0.15, -0.1) is 0 Å². The third-order valence-electron chi connectivity index (χ3n) is 5.43. The van der Waals surface area contributed by atoms with Crippen LogP contribution in [0.1, 0.15) is 37.5 Å². The first-order valence-electron chi connectivity index (χ1n) is 11.2. The molecule has 1 N–H and O–H groups in total. The van der Waals surface area contributed by atoms with E-state index < -0.39 is 28.5 Å². The molecule has 1 atom stereocenters. The van der Waals surface area contributed by atoms with Crippen molar-refractivity contribution >= 4 is 39.1 Å². The summed E-state index contributed by atoms with van der Waals surface area (Å²) in [5, 5.41) is 3.33. The van der Waals surface area contributed by atoms with E-state index in [0.29, 0.717) is 22.8 Å². The van der Waals surface area contributed by atoms with E-state index in [9.17, 15) is 18.0 Å². The number of nitrogens with one attached hydrogen (secondary N) is 1. The Balaban J connectivity index is 2.39. The Hall–Kier alpha value is -2.58. The Morgan fingerprint density at radius 2 is 1.65 bits per heavy atom. The van der Waals surface area contributed by atoms with Crippen LogP contribution in [0.25, 0.3) is 0 Å². The fourth-order valence-electron chi connectivity index (χ4n) is 3.42. The maximum atomic E-state index is 13.5. The van der Waals surface area contributed by atoms with Gasteiger partial charge in [0.05, 0.1) is 11.9 Å². The number of carbonyl (C=O) groups excluding carboxylic acids is 2. The topological polar surface area (TPSA) is 86.8 Å². The highest BCUT2D eigenvalue weighted by Crippen LogP contribution is 2.26. The van der Waals surface area contributed by atoms with Gasteiger partial charge in [0.25, 0.3) is 0 Å². The van der Waals surface area contributed by atoms with Crippen LogP contribution in [0.4, 0.5) is 5.69 Å². The molecule has 0 saturated heterocycles. The van der Waals surface area contributed by atoms with Gasteiger partial charge in [0, 0.05) is 18.1 Å². The quantitative estimate of drug-likeness (QED) is 0.528. The van der Waals surface area contributed by atoms with Crippen LogP contribution in [0.2, 0.25) is 5.02 Å². The molecule has 0 heterocycles. The number of aryl methyl sites for hydroxylation is 2. The molecule has 2 aromatic carbocycles. The Morgan fingerprint density at radius 1 is 1.03 bits per heavy atom. The lowest BCUT2D eigenvalue weighted by molar-refractivity contribution is -0.139. The summed E-state index contributed by atoms with van der Waals surface area (Å²) < 4.78 is 26.4. The Labute approximate surface area is 208 Å². The Bertz CT molecular complexity index is 1120. The molecule has 2 aromatic rings. The molecule has 0 radical (unpaired) electrons. The van der Waals surface area contributed by atoms with Crippen LogP contribution in [0, 0.1) is 19.8 Å². The summed E-state index contributed by atoms with van der Waals surface area (Å²) in [6, 6.07) is 11.7. The number of carbonyl (C=O) groups is 2. The van der Waals surface area contributed by atoms with E-state index in [0.717, 1.165) is 21.7 Å². The summed E-state index contributed by atoms with van der Waals surface area (Å²) in [4.78, 5) is 27.8. The summed E-state index contributed by atoms with van der Waals surface area (Å²) in [5.74, 6) is -0.513. The van der Waals surface area contributed by atoms with E-state index in [-0.39, 0.29) is 18.4 Å². The van der Waals surface area contributed by atoms with Gasteiger partial charge in [0.15, 0.2) is 0 Å². The highest BCUT2D eigenvalue weighted by Gasteiger charge is 2.30. The first-order valence-corrected chi connectivity index (χ1v) is 13.4. The summed E-state index contributed by atoms with van der Waals surface area (Å²) in [6.45, 7) is 9.54. The van der Waals surface area contributed by atoms with Gasteiger partial charge in [0.2, 0.25) is 21.8 Å². The molecule has 1 unspecified atom stereocenters. The Kier molecular flexibility index (Phi) is 9.53. The number of hydrogen-bond donors (Lipinski definition) is 1. The van der Waals surface area contributed by atoms with Gasteiger partial charge >= 0.3 is 0 Å². The molecule has 186 valence electrons. The molecular weight excluding hydrogens is 474 g/mol. The van der Waals surface area contributed by atoms with Crippen LogP contribution < -0.4 is 9.62 Å². The molecule has 0 fully saturated rings. The van der Waals surface area contributed by atoms with Crippen molar-refractivity contribution in [1.29, 1.82) is 0 Å². The van der Waals surface area contributed by atoms with Gasteiger partial charge in [-0.2, -0.15) is 0 Å². The second-order valence-corrected chi connectivity index (χ2v) is 11.4. The molecular formula is C25H34ClN3O4S. The zero-order chi connectivity index (χ0) is 25.6. The van der Waals surface area contributed by atoms with Crippen molar-refractivity contribution in [2.75, 3.05) is 23.7 Å². The second-order valence-electron chi connectivity index (χ2n) is 9.02. The Morgan fingerprint density at radius 3 is 2.18 bits per heavy atom. The molecule has 0 aromatic heterocycles. The molecule has 7 nitrogen and oxygen atoms in total. The summed E-state index contributed by atoms with van der Waals surface area (Å²) in [6.07, 6.45) is 1.05. The number of hydrogen-bond acceptors (Lipinski definition) is 4. The van der Waals surface area contributed by atoms with E-state index in [4.69, 9.17) is 11.6 Å². The number of nitrogens with zero attached hydrogens (tertiary/aromatic N) is 2. The molecule has 0 saturated carbocycles. The van der Waals surface area contributed by atoms with Gasteiger partial charge in [-0.25, -0.2) is 8.42 Å². The van der Waals surface area contributed by atoms with Crippen LogP contribution in [0.5, 0.6) is 0 Å². The molecule has 34 heavy (non-hydrogen) atoms. The second kappa shape index (κ2) is 11.7. The van der Waals surface area contributed by atoms with Crippen molar-refractivity contribution < 1.29 is 18.0 Å². The lowest BCUT2D eigenvalue weighted by Crippen LogP contribution is -2.51. The summed E-state index contributed by atoms with van der Waals surface area (Å²) in [7, 11) is -3.79. The van der Waals surface area contributed by atoms with Gasteiger partial charge in [0.1, 0.15) is 12.6 Å². The van der Waals surface area contributed by atoms with Crippen molar-refractivity contribution in [1.82, 2.24) is 10.2 Å². The molecule has 0 aliphatic heterocycles. The minimum atomic E-state index is -3.79. The first kappa shape index (κ1) is 27.7. The largest absolute Gasteiger partial charge is 0.354 e. The fraction of sp³-hybridized carbons (Fsp3) is 0.440. The normalized spacial score (nSPS) is 12.4. The molecule has 2 rings (SSSR count). The average Bonchev–Trinajstić information content (AvgIpc) is 2.74. The smallest absolute Gasteiger partial charge is 0.244 e. The third kappa shape index (κ3) is 7.74. The molecule has 0 aliphatic rings. The van der Waals surface area contributed by atoms with Gasteiger partial charge in [-0.05, 0) is 56.0 Å². The van der Waals surface area contributed by atoms with Crippen molar-refractivity contribution in [3.63, 3.8) is 0 Å². The van der Waals surface area contributed by atoms with E-state index >= 15 is 0 Å². The molecule has 9 heteroatoms. The first-order chi connectivity index (χ1) is 15.8. The molecule has 0 aliphatic carbocycles. The van der Waals surface area contributed by atoms with Crippen molar-refractivity contribution in [3.8, 4) is 0 Å².